The maximum absolute atomic E-state index is 11.5. The molecule has 0 amide bonds. The van der Waals surface area contributed by atoms with Gasteiger partial charge >= 0.3 is 0 Å². The molecule has 0 aromatic rings. The van der Waals surface area contributed by atoms with Crippen LogP contribution in [0.2, 0.25) is 0 Å². The summed E-state index contributed by atoms with van der Waals surface area (Å²) >= 11 is 0. The third-order valence-corrected chi connectivity index (χ3v) is 4.13. The SMILES string of the molecule is CCC(=O)CN1CCC[C@@H]2CCCC[C@@H]21. The van der Waals surface area contributed by atoms with E-state index >= 15 is 0 Å². The van der Waals surface area contributed by atoms with Gasteiger partial charge in [-0.25, -0.2) is 0 Å². The average Bonchev–Trinajstić information content (AvgIpc) is 2.29. The predicted molar refractivity (Wildman–Crippen MR) is 61.9 cm³/mol. The van der Waals surface area contributed by atoms with Gasteiger partial charge < -0.3 is 0 Å². The Morgan fingerprint density at radius 2 is 1.93 bits per heavy atom. The number of carbonyl (C=O) groups excluding carboxylic acids is 1. The van der Waals surface area contributed by atoms with Gasteiger partial charge in [0.15, 0.2) is 0 Å². The van der Waals surface area contributed by atoms with Crippen LogP contribution in [0.15, 0.2) is 0 Å². The number of fused-ring (bicyclic) bond motifs is 1. The highest BCUT2D eigenvalue weighted by Gasteiger charge is 2.33. The summed E-state index contributed by atoms with van der Waals surface area (Å²) in [5, 5.41) is 0. The van der Waals surface area contributed by atoms with Crippen LogP contribution in [0.3, 0.4) is 0 Å². The zero-order valence-electron chi connectivity index (χ0n) is 9.87. The number of ketones is 1. The van der Waals surface area contributed by atoms with E-state index in [9.17, 15) is 4.79 Å². The highest BCUT2D eigenvalue weighted by Crippen LogP contribution is 2.34. The summed E-state index contributed by atoms with van der Waals surface area (Å²) in [6.45, 7) is 3.86. The van der Waals surface area contributed by atoms with Gasteiger partial charge in [-0.2, -0.15) is 0 Å². The molecule has 0 aromatic carbocycles. The number of carbonyl (C=O) groups is 1. The number of hydrogen-bond donors (Lipinski definition) is 0. The molecule has 0 bridgehead atoms. The van der Waals surface area contributed by atoms with Crippen molar-refractivity contribution in [1.29, 1.82) is 0 Å². The van der Waals surface area contributed by atoms with E-state index in [1.54, 1.807) is 0 Å². The minimum Gasteiger partial charge on any atom is -0.298 e. The van der Waals surface area contributed by atoms with Gasteiger partial charge in [-0.15, -0.1) is 0 Å². The van der Waals surface area contributed by atoms with Gasteiger partial charge in [0.1, 0.15) is 5.78 Å². The smallest absolute Gasteiger partial charge is 0.146 e. The Morgan fingerprint density at radius 3 is 2.73 bits per heavy atom. The topological polar surface area (TPSA) is 20.3 Å². The van der Waals surface area contributed by atoms with Crippen LogP contribution >= 0.6 is 0 Å². The highest BCUT2D eigenvalue weighted by atomic mass is 16.1. The summed E-state index contributed by atoms with van der Waals surface area (Å²) in [6.07, 6.45) is 8.94. The number of piperidine rings is 1. The average molecular weight is 209 g/mol. The summed E-state index contributed by atoms with van der Waals surface area (Å²) in [6, 6.07) is 0.739. The molecule has 1 saturated heterocycles. The molecule has 1 aliphatic carbocycles. The Labute approximate surface area is 93.0 Å². The maximum atomic E-state index is 11.5. The molecule has 2 fully saturated rings. The lowest BCUT2D eigenvalue weighted by Crippen LogP contribution is -2.48. The van der Waals surface area contributed by atoms with E-state index in [1.807, 2.05) is 6.92 Å². The third-order valence-electron chi connectivity index (χ3n) is 4.13. The molecule has 0 spiro atoms. The Bertz CT molecular complexity index is 225. The second-order valence-electron chi connectivity index (χ2n) is 5.12. The molecule has 2 aliphatic rings. The van der Waals surface area contributed by atoms with Crippen LogP contribution in [0.5, 0.6) is 0 Å². The Balaban J connectivity index is 1.94. The Morgan fingerprint density at radius 1 is 1.20 bits per heavy atom. The molecule has 1 saturated carbocycles. The first kappa shape index (κ1) is 11.1. The molecule has 15 heavy (non-hydrogen) atoms. The van der Waals surface area contributed by atoms with E-state index in [2.05, 4.69) is 4.90 Å². The number of likely N-dealkylation sites (tertiary alicyclic amines) is 1. The number of hydrogen-bond acceptors (Lipinski definition) is 2. The van der Waals surface area contributed by atoms with Gasteiger partial charge in [-0.1, -0.05) is 19.8 Å². The largest absolute Gasteiger partial charge is 0.298 e. The van der Waals surface area contributed by atoms with E-state index in [1.165, 1.54) is 38.5 Å². The summed E-state index contributed by atoms with van der Waals surface area (Å²) < 4.78 is 0. The fourth-order valence-corrected chi connectivity index (χ4v) is 3.26. The van der Waals surface area contributed by atoms with Crippen molar-refractivity contribution in [2.75, 3.05) is 13.1 Å². The Kier molecular flexibility index (Phi) is 3.79. The summed E-state index contributed by atoms with van der Waals surface area (Å²) in [4.78, 5) is 14.0. The van der Waals surface area contributed by atoms with E-state index in [0.29, 0.717) is 12.2 Å². The van der Waals surface area contributed by atoms with Crippen molar-refractivity contribution in [2.45, 2.75) is 57.9 Å². The fourth-order valence-electron chi connectivity index (χ4n) is 3.26. The van der Waals surface area contributed by atoms with Crippen LogP contribution in [0, 0.1) is 5.92 Å². The minimum atomic E-state index is 0.418. The molecule has 2 rings (SSSR count). The lowest BCUT2D eigenvalue weighted by Gasteiger charge is -2.43. The van der Waals surface area contributed by atoms with Crippen LogP contribution in [0.4, 0.5) is 0 Å². The van der Waals surface area contributed by atoms with E-state index in [4.69, 9.17) is 0 Å². The number of Topliss-reactive ketones (excluding diaryl/α,β-unsaturated/α-hetero) is 1. The monoisotopic (exact) mass is 209 g/mol. The van der Waals surface area contributed by atoms with Crippen molar-refractivity contribution in [3.8, 4) is 0 Å². The van der Waals surface area contributed by atoms with Crippen molar-refractivity contribution in [3.05, 3.63) is 0 Å². The van der Waals surface area contributed by atoms with Gasteiger partial charge in [0.2, 0.25) is 0 Å². The summed E-state index contributed by atoms with van der Waals surface area (Å²) in [7, 11) is 0. The first-order valence-corrected chi connectivity index (χ1v) is 6.57. The normalized spacial score (nSPS) is 32.3. The maximum Gasteiger partial charge on any atom is 0.146 e. The molecular weight excluding hydrogens is 186 g/mol. The number of nitrogens with zero attached hydrogens (tertiary/aromatic N) is 1. The molecule has 86 valence electrons. The molecule has 0 N–H and O–H groups in total. The van der Waals surface area contributed by atoms with Crippen LogP contribution in [-0.4, -0.2) is 29.8 Å². The van der Waals surface area contributed by atoms with Crippen molar-refractivity contribution < 1.29 is 4.79 Å². The van der Waals surface area contributed by atoms with Crippen LogP contribution in [-0.2, 0) is 4.79 Å². The summed E-state index contributed by atoms with van der Waals surface area (Å²) in [5.41, 5.74) is 0. The standard InChI is InChI=1S/C13H23NO/c1-2-12(15)10-14-9-5-7-11-6-3-4-8-13(11)14/h11,13H,2-10H2,1H3/t11-,13-/m0/s1. The van der Waals surface area contributed by atoms with E-state index < -0.39 is 0 Å². The van der Waals surface area contributed by atoms with Gasteiger partial charge in [0.05, 0.1) is 6.54 Å². The molecule has 2 nitrogen and oxygen atoms in total. The molecule has 1 heterocycles. The molecule has 0 radical (unpaired) electrons. The quantitative estimate of drug-likeness (QED) is 0.712. The zero-order valence-corrected chi connectivity index (χ0v) is 9.87. The van der Waals surface area contributed by atoms with Gasteiger partial charge in [-0.05, 0) is 38.1 Å². The van der Waals surface area contributed by atoms with Crippen molar-refractivity contribution in [1.82, 2.24) is 4.90 Å². The second kappa shape index (κ2) is 5.11. The lowest BCUT2D eigenvalue weighted by atomic mass is 9.78. The van der Waals surface area contributed by atoms with Gasteiger partial charge in [0, 0.05) is 12.5 Å². The molecular formula is C13H23NO. The predicted octanol–water partition coefficient (Wildman–Crippen LogP) is 2.62. The van der Waals surface area contributed by atoms with E-state index in [-0.39, 0.29) is 0 Å². The fraction of sp³-hybridized carbons (Fsp3) is 0.923. The number of rotatable bonds is 3. The van der Waals surface area contributed by atoms with Crippen molar-refractivity contribution in [3.63, 3.8) is 0 Å². The molecule has 0 unspecified atom stereocenters. The zero-order chi connectivity index (χ0) is 10.7. The van der Waals surface area contributed by atoms with Gasteiger partial charge in [-0.3, -0.25) is 9.69 Å². The Hall–Kier alpha value is -0.370. The third kappa shape index (κ3) is 2.60. The summed E-state index contributed by atoms with van der Waals surface area (Å²) in [5.74, 6) is 1.32. The first-order chi connectivity index (χ1) is 7.31. The minimum absolute atomic E-state index is 0.418. The second-order valence-corrected chi connectivity index (χ2v) is 5.12. The lowest BCUT2D eigenvalue weighted by molar-refractivity contribution is -0.121. The van der Waals surface area contributed by atoms with Crippen LogP contribution in [0.1, 0.15) is 51.9 Å². The highest BCUT2D eigenvalue weighted by molar-refractivity contribution is 5.80. The van der Waals surface area contributed by atoms with Gasteiger partial charge in [0.25, 0.3) is 0 Å². The molecule has 1 aliphatic heterocycles. The van der Waals surface area contributed by atoms with Crippen molar-refractivity contribution in [2.24, 2.45) is 5.92 Å². The first-order valence-electron chi connectivity index (χ1n) is 6.57. The molecule has 0 aromatic heterocycles. The van der Waals surface area contributed by atoms with Crippen molar-refractivity contribution >= 4 is 5.78 Å². The van der Waals surface area contributed by atoms with Crippen LogP contribution in [0.25, 0.3) is 0 Å². The van der Waals surface area contributed by atoms with E-state index in [0.717, 1.165) is 25.0 Å². The molecule has 2 atom stereocenters. The van der Waals surface area contributed by atoms with Crippen LogP contribution < -0.4 is 0 Å². The molecule has 2 heteroatoms.